The van der Waals surface area contributed by atoms with E-state index < -0.39 is 6.10 Å². The monoisotopic (exact) mass is 320 g/mol. The third-order valence-corrected chi connectivity index (χ3v) is 3.51. The summed E-state index contributed by atoms with van der Waals surface area (Å²) in [5.74, 6) is 1.62. The zero-order chi connectivity index (χ0) is 13.8. The zero-order valence-corrected chi connectivity index (χ0v) is 12.6. The largest absolute Gasteiger partial charge is 0.457 e. The van der Waals surface area contributed by atoms with Gasteiger partial charge in [0.15, 0.2) is 0 Å². The van der Waals surface area contributed by atoms with Crippen molar-refractivity contribution in [2.75, 3.05) is 0 Å². The summed E-state index contributed by atoms with van der Waals surface area (Å²) in [6.45, 7) is 3.97. The van der Waals surface area contributed by atoms with E-state index in [1.165, 1.54) is 0 Å². The molecule has 2 aromatic rings. The lowest BCUT2D eigenvalue weighted by Gasteiger charge is -2.11. The summed E-state index contributed by atoms with van der Waals surface area (Å²) in [6.07, 6.45) is 0.315. The first kappa shape index (κ1) is 14.1. The van der Waals surface area contributed by atoms with Gasteiger partial charge in [0.05, 0.1) is 6.10 Å². The van der Waals surface area contributed by atoms with E-state index in [1.807, 2.05) is 56.3 Å². The molecule has 0 spiro atoms. The van der Waals surface area contributed by atoms with E-state index >= 15 is 0 Å². The van der Waals surface area contributed by atoms with Crippen molar-refractivity contribution in [1.29, 1.82) is 0 Å². The molecule has 2 rings (SSSR count). The first-order valence-electron chi connectivity index (χ1n) is 6.32. The Balaban J connectivity index is 2.15. The van der Waals surface area contributed by atoms with Gasteiger partial charge >= 0.3 is 0 Å². The van der Waals surface area contributed by atoms with E-state index in [9.17, 15) is 5.11 Å². The standard InChI is InChI=1S/C16H17BrO2/c1-3-15(18)12-4-7-14(8-5-12)19-16-9-6-13(17)10-11(16)2/h4-10,15,18H,3H2,1-2H3. The van der Waals surface area contributed by atoms with Crippen LogP contribution in [-0.4, -0.2) is 5.11 Å². The number of rotatable bonds is 4. The number of halogens is 1. The summed E-state index contributed by atoms with van der Waals surface area (Å²) in [6, 6.07) is 13.5. The minimum Gasteiger partial charge on any atom is -0.457 e. The van der Waals surface area contributed by atoms with Crippen LogP contribution in [0.2, 0.25) is 0 Å². The highest BCUT2D eigenvalue weighted by atomic mass is 79.9. The van der Waals surface area contributed by atoms with Crippen molar-refractivity contribution in [2.45, 2.75) is 26.4 Å². The first-order valence-corrected chi connectivity index (χ1v) is 7.11. The lowest BCUT2D eigenvalue weighted by molar-refractivity contribution is 0.173. The maximum absolute atomic E-state index is 9.74. The van der Waals surface area contributed by atoms with E-state index in [0.717, 1.165) is 27.1 Å². The first-order chi connectivity index (χ1) is 9.10. The minimum atomic E-state index is -0.400. The molecule has 0 heterocycles. The number of ether oxygens (including phenoxy) is 1. The maximum Gasteiger partial charge on any atom is 0.130 e. The smallest absolute Gasteiger partial charge is 0.130 e. The summed E-state index contributed by atoms with van der Waals surface area (Å²) in [4.78, 5) is 0. The molecule has 1 atom stereocenters. The minimum absolute atomic E-state index is 0.400. The average Bonchev–Trinajstić information content (AvgIpc) is 2.42. The van der Waals surface area contributed by atoms with Crippen LogP contribution in [0.25, 0.3) is 0 Å². The van der Waals surface area contributed by atoms with Gasteiger partial charge in [0.25, 0.3) is 0 Å². The lowest BCUT2D eigenvalue weighted by atomic mass is 10.1. The van der Waals surface area contributed by atoms with E-state index in [-0.39, 0.29) is 0 Å². The topological polar surface area (TPSA) is 29.5 Å². The summed E-state index contributed by atoms with van der Waals surface area (Å²) < 4.78 is 6.87. The van der Waals surface area contributed by atoms with Crippen LogP contribution >= 0.6 is 15.9 Å². The summed E-state index contributed by atoms with van der Waals surface area (Å²) >= 11 is 3.43. The predicted molar refractivity (Wildman–Crippen MR) is 80.6 cm³/mol. The third-order valence-electron chi connectivity index (χ3n) is 3.02. The van der Waals surface area contributed by atoms with E-state index in [1.54, 1.807) is 0 Å². The Kier molecular flexibility index (Phi) is 4.61. The molecule has 1 unspecified atom stereocenters. The van der Waals surface area contributed by atoms with Crippen molar-refractivity contribution in [3.05, 3.63) is 58.1 Å². The molecule has 3 heteroatoms. The Bertz CT molecular complexity index is 549. The van der Waals surface area contributed by atoms with Crippen LogP contribution in [0.15, 0.2) is 46.9 Å². The fraction of sp³-hybridized carbons (Fsp3) is 0.250. The molecule has 0 aliphatic carbocycles. The highest BCUT2D eigenvalue weighted by Crippen LogP contribution is 2.28. The van der Waals surface area contributed by atoms with Crippen LogP contribution in [-0.2, 0) is 0 Å². The van der Waals surface area contributed by atoms with Gasteiger partial charge in [-0.05, 0) is 54.8 Å². The van der Waals surface area contributed by atoms with Crippen molar-refractivity contribution >= 4 is 15.9 Å². The second-order valence-electron chi connectivity index (χ2n) is 4.50. The molecule has 19 heavy (non-hydrogen) atoms. The van der Waals surface area contributed by atoms with Gasteiger partial charge in [0.1, 0.15) is 11.5 Å². The molecule has 0 amide bonds. The molecule has 0 aromatic heterocycles. The summed E-state index contributed by atoms with van der Waals surface area (Å²) in [7, 11) is 0. The van der Waals surface area contributed by atoms with Crippen molar-refractivity contribution in [1.82, 2.24) is 0 Å². The molecule has 0 aliphatic rings. The Hall–Kier alpha value is -1.32. The van der Waals surface area contributed by atoms with Gasteiger partial charge in [0, 0.05) is 4.47 Å². The molecular formula is C16H17BrO2. The highest BCUT2D eigenvalue weighted by Gasteiger charge is 2.06. The van der Waals surface area contributed by atoms with Crippen LogP contribution in [0.4, 0.5) is 0 Å². The number of aliphatic hydroxyl groups excluding tert-OH is 1. The zero-order valence-electron chi connectivity index (χ0n) is 11.1. The Morgan fingerprint density at radius 1 is 1.16 bits per heavy atom. The van der Waals surface area contributed by atoms with Crippen LogP contribution in [0.3, 0.4) is 0 Å². The SMILES string of the molecule is CCC(O)c1ccc(Oc2ccc(Br)cc2C)cc1. The van der Waals surface area contributed by atoms with Crippen molar-refractivity contribution in [3.63, 3.8) is 0 Å². The Morgan fingerprint density at radius 2 is 1.84 bits per heavy atom. The van der Waals surface area contributed by atoms with E-state index in [4.69, 9.17) is 4.74 Å². The Labute approximate surface area is 122 Å². The van der Waals surface area contributed by atoms with E-state index in [0.29, 0.717) is 6.42 Å². The fourth-order valence-electron chi connectivity index (χ4n) is 1.85. The molecule has 2 nitrogen and oxygen atoms in total. The third kappa shape index (κ3) is 3.58. The van der Waals surface area contributed by atoms with Gasteiger partial charge < -0.3 is 9.84 Å². The Morgan fingerprint density at radius 3 is 2.42 bits per heavy atom. The van der Waals surface area contributed by atoms with E-state index in [2.05, 4.69) is 15.9 Å². The number of aryl methyl sites for hydroxylation is 1. The van der Waals surface area contributed by atoms with Gasteiger partial charge in [-0.25, -0.2) is 0 Å². The predicted octanol–water partition coefficient (Wildman–Crippen LogP) is 4.99. The quantitative estimate of drug-likeness (QED) is 0.859. The summed E-state index contributed by atoms with van der Waals surface area (Å²) in [5.41, 5.74) is 1.99. The maximum atomic E-state index is 9.74. The molecule has 0 bridgehead atoms. The fourth-order valence-corrected chi connectivity index (χ4v) is 2.32. The molecule has 0 saturated heterocycles. The van der Waals surface area contributed by atoms with Crippen LogP contribution in [0.5, 0.6) is 11.5 Å². The molecule has 2 aromatic carbocycles. The molecule has 0 radical (unpaired) electrons. The number of hydrogen-bond acceptors (Lipinski definition) is 2. The van der Waals surface area contributed by atoms with Crippen molar-refractivity contribution < 1.29 is 9.84 Å². The lowest BCUT2D eigenvalue weighted by Crippen LogP contribution is -1.94. The molecule has 100 valence electrons. The second kappa shape index (κ2) is 6.22. The van der Waals surface area contributed by atoms with Gasteiger partial charge in [-0.2, -0.15) is 0 Å². The molecule has 1 N–H and O–H groups in total. The summed E-state index contributed by atoms with van der Waals surface area (Å²) in [5, 5.41) is 9.74. The van der Waals surface area contributed by atoms with Gasteiger partial charge in [0.2, 0.25) is 0 Å². The van der Waals surface area contributed by atoms with Crippen molar-refractivity contribution in [3.8, 4) is 11.5 Å². The molecular weight excluding hydrogens is 304 g/mol. The van der Waals surface area contributed by atoms with Gasteiger partial charge in [-0.1, -0.05) is 35.0 Å². The number of benzene rings is 2. The van der Waals surface area contributed by atoms with Crippen LogP contribution in [0.1, 0.15) is 30.6 Å². The van der Waals surface area contributed by atoms with Gasteiger partial charge in [-0.3, -0.25) is 0 Å². The van der Waals surface area contributed by atoms with Crippen molar-refractivity contribution in [2.24, 2.45) is 0 Å². The molecule has 0 fully saturated rings. The van der Waals surface area contributed by atoms with Crippen LogP contribution in [0, 0.1) is 6.92 Å². The highest BCUT2D eigenvalue weighted by molar-refractivity contribution is 9.10. The number of aliphatic hydroxyl groups is 1. The average molecular weight is 321 g/mol. The molecule has 0 aliphatic heterocycles. The molecule has 0 saturated carbocycles. The second-order valence-corrected chi connectivity index (χ2v) is 5.42. The van der Waals surface area contributed by atoms with Gasteiger partial charge in [-0.15, -0.1) is 0 Å². The normalized spacial score (nSPS) is 12.2. The number of hydrogen-bond donors (Lipinski definition) is 1. The van der Waals surface area contributed by atoms with Crippen LogP contribution < -0.4 is 4.74 Å².